The van der Waals surface area contributed by atoms with Gasteiger partial charge in [-0.15, -0.1) is 0 Å². The zero-order chi connectivity index (χ0) is 23.5. The lowest BCUT2D eigenvalue weighted by Crippen LogP contribution is -2.24. The second-order valence-electron chi connectivity index (χ2n) is 7.12. The molecule has 1 N–H and O–H groups in total. The Labute approximate surface area is 196 Å². The SMILES string of the molecule is Cc1ccc([N+](=O)[O-])cc1NC(=O)CSc1nc2cc(Cl)ccc2c(=O)n1Cc1ccco1. The van der Waals surface area contributed by atoms with E-state index >= 15 is 0 Å². The Kier molecular flexibility index (Phi) is 6.47. The van der Waals surface area contributed by atoms with E-state index in [1.807, 2.05) is 0 Å². The Hall–Kier alpha value is -3.63. The predicted octanol–water partition coefficient (Wildman–Crippen LogP) is 4.64. The van der Waals surface area contributed by atoms with Gasteiger partial charge in [-0.1, -0.05) is 29.4 Å². The van der Waals surface area contributed by atoms with Gasteiger partial charge in [-0.2, -0.15) is 0 Å². The number of non-ortho nitro benzene ring substituents is 1. The molecule has 0 spiro atoms. The first-order valence-electron chi connectivity index (χ1n) is 9.72. The van der Waals surface area contributed by atoms with E-state index in [4.69, 9.17) is 16.0 Å². The van der Waals surface area contributed by atoms with Crippen molar-refractivity contribution in [2.45, 2.75) is 18.6 Å². The molecule has 0 bridgehead atoms. The lowest BCUT2D eigenvalue weighted by molar-refractivity contribution is -0.384. The van der Waals surface area contributed by atoms with Gasteiger partial charge in [-0.3, -0.25) is 24.3 Å². The van der Waals surface area contributed by atoms with Crippen molar-refractivity contribution in [2.24, 2.45) is 0 Å². The molecular formula is C22H17ClN4O5S. The van der Waals surface area contributed by atoms with E-state index in [2.05, 4.69) is 10.3 Å². The van der Waals surface area contributed by atoms with Crippen LogP contribution in [0, 0.1) is 17.0 Å². The Balaban J connectivity index is 1.61. The first-order chi connectivity index (χ1) is 15.8. The maximum absolute atomic E-state index is 13.1. The third kappa shape index (κ3) is 5.07. The van der Waals surface area contributed by atoms with Crippen LogP contribution >= 0.6 is 23.4 Å². The topological polar surface area (TPSA) is 120 Å². The largest absolute Gasteiger partial charge is 0.467 e. The maximum atomic E-state index is 13.1. The number of amides is 1. The van der Waals surface area contributed by atoms with Gasteiger partial charge in [0.05, 0.1) is 40.1 Å². The summed E-state index contributed by atoms with van der Waals surface area (Å²) in [5.41, 5.74) is 1.04. The number of hydrogen-bond donors (Lipinski definition) is 1. The van der Waals surface area contributed by atoms with Crippen LogP contribution in [0.1, 0.15) is 11.3 Å². The number of nitrogens with zero attached hydrogens (tertiary/aromatic N) is 3. The summed E-state index contributed by atoms with van der Waals surface area (Å²) < 4.78 is 6.81. The lowest BCUT2D eigenvalue weighted by atomic mass is 10.2. The number of furan rings is 1. The summed E-state index contributed by atoms with van der Waals surface area (Å²) in [6, 6.07) is 12.5. The predicted molar refractivity (Wildman–Crippen MR) is 126 cm³/mol. The van der Waals surface area contributed by atoms with E-state index in [0.717, 1.165) is 11.8 Å². The molecule has 0 fully saturated rings. The van der Waals surface area contributed by atoms with Crippen molar-refractivity contribution < 1.29 is 14.1 Å². The highest BCUT2D eigenvalue weighted by molar-refractivity contribution is 7.99. The molecule has 33 heavy (non-hydrogen) atoms. The highest BCUT2D eigenvalue weighted by atomic mass is 35.5. The van der Waals surface area contributed by atoms with E-state index in [1.165, 1.54) is 23.0 Å². The second-order valence-corrected chi connectivity index (χ2v) is 8.50. The number of anilines is 1. The van der Waals surface area contributed by atoms with Crippen LogP contribution < -0.4 is 10.9 Å². The molecule has 0 atom stereocenters. The molecule has 1 amide bonds. The normalized spacial score (nSPS) is 11.0. The molecule has 0 saturated carbocycles. The van der Waals surface area contributed by atoms with Gasteiger partial charge in [0.15, 0.2) is 5.16 Å². The molecule has 2 heterocycles. The van der Waals surface area contributed by atoms with Crippen molar-refractivity contribution in [3.05, 3.63) is 91.6 Å². The summed E-state index contributed by atoms with van der Waals surface area (Å²) in [5.74, 6) is 0.0954. The smallest absolute Gasteiger partial charge is 0.271 e. The molecule has 0 aliphatic carbocycles. The van der Waals surface area contributed by atoms with Crippen molar-refractivity contribution >= 4 is 51.5 Å². The third-order valence-electron chi connectivity index (χ3n) is 4.81. The standard InChI is InChI=1S/C22H17ClN4O5S/c1-13-4-6-15(27(30)31)10-18(13)24-20(28)12-33-22-25-19-9-14(23)5-7-17(19)21(29)26(22)11-16-3-2-8-32-16/h2-10H,11-12H2,1H3,(H,24,28). The van der Waals surface area contributed by atoms with Gasteiger partial charge in [-0.25, -0.2) is 4.98 Å². The van der Waals surface area contributed by atoms with Crippen molar-refractivity contribution in [3.8, 4) is 0 Å². The molecule has 168 valence electrons. The average molecular weight is 485 g/mol. The Morgan fingerprint density at radius 2 is 2.09 bits per heavy atom. The molecule has 0 saturated heterocycles. The van der Waals surface area contributed by atoms with Crippen LogP contribution in [0.3, 0.4) is 0 Å². The van der Waals surface area contributed by atoms with Gasteiger partial charge < -0.3 is 9.73 Å². The highest BCUT2D eigenvalue weighted by Crippen LogP contribution is 2.24. The Bertz CT molecular complexity index is 1420. The number of halogens is 1. The molecule has 4 rings (SSSR count). The zero-order valence-electron chi connectivity index (χ0n) is 17.3. The van der Waals surface area contributed by atoms with Crippen LogP contribution in [-0.2, 0) is 11.3 Å². The minimum atomic E-state index is -0.526. The quantitative estimate of drug-likeness (QED) is 0.175. The molecular weight excluding hydrogens is 468 g/mol. The zero-order valence-corrected chi connectivity index (χ0v) is 18.9. The van der Waals surface area contributed by atoms with Crippen LogP contribution in [0.5, 0.6) is 0 Å². The van der Waals surface area contributed by atoms with Crippen LogP contribution in [0.15, 0.2) is 69.2 Å². The number of benzene rings is 2. The van der Waals surface area contributed by atoms with Gasteiger partial charge in [0.2, 0.25) is 5.91 Å². The number of aryl methyl sites for hydroxylation is 1. The van der Waals surface area contributed by atoms with Gasteiger partial charge in [-0.05, 0) is 42.8 Å². The van der Waals surface area contributed by atoms with Crippen LogP contribution in [-0.4, -0.2) is 26.1 Å². The number of nitrogens with one attached hydrogen (secondary N) is 1. The van der Waals surface area contributed by atoms with Gasteiger partial charge in [0.25, 0.3) is 11.2 Å². The van der Waals surface area contributed by atoms with Crippen molar-refractivity contribution in [3.63, 3.8) is 0 Å². The number of hydrogen-bond acceptors (Lipinski definition) is 7. The minimum absolute atomic E-state index is 0.0706. The molecule has 11 heteroatoms. The van der Waals surface area contributed by atoms with Gasteiger partial charge >= 0.3 is 0 Å². The number of nitro groups is 1. The Morgan fingerprint density at radius 3 is 2.82 bits per heavy atom. The molecule has 0 aliphatic rings. The fourth-order valence-electron chi connectivity index (χ4n) is 3.16. The summed E-state index contributed by atoms with van der Waals surface area (Å²) >= 11 is 7.13. The second kappa shape index (κ2) is 9.47. The van der Waals surface area contributed by atoms with E-state index in [-0.39, 0.29) is 23.5 Å². The fourth-order valence-corrected chi connectivity index (χ4v) is 4.12. The summed E-state index contributed by atoms with van der Waals surface area (Å²) in [7, 11) is 0. The minimum Gasteiger partial charge on any atom is -0.467 e. The summed E-state index contributed by atoms with van der Waals surface area (Å²) in [6.07, 6.45) is 1.51. The number of fused-ring (bicyclic) bond motifs is 1. The van der Waals surface area contributed by atoms with Crippen LogP contribution in [0.2, 0.25) is 5.02 Å². The fraction of sp³-hybridized carbons (Fsp3) is 0.136. The number of nitro benzene ring substituents is 1. The van der Waals surface area contributed by atoms with Gasteiger partial charge in [0, 0.05) is 17.2 Å². The third-order valence-corrected chi connectivity index (χ3v) is 6.03. The maximum Gasteiger partial charge on any atom is 0.271 e. The van der Waals surface area contributed by atoms with Crippen molar-refractivity contribution in [1.82, 2.24) is 9.55 Å². The lowest BCUT2D eigenvalue weighted by Gasteiger charge is -2.13. The molecule has 2 aromatic heterocycles. The number of rotatable bonds is 7. The number of carbonyl (C=O) groups is 1. The van der Waals surface area contributed by atoms with Crippen LogP contribution in [0.4, 0.5) is 11.4 Å². The summed E-state index contributed by atoms with van der Waals surface area (Å²) in [6.45, 7) is 1.88. The number of carbonyl (C=O) groups excluding carboxylic acids is 1. The van der Waals surface area contributed by atoms with Crippen molar-refractivity contribution in [1.29, 1.82) is 0 Å². The molecule has 9 nitrogen and oxygen atoms in total. The number of aromatic nitrogens is 2. The first-order valence-corrected chi connectivity index (χ1v) is 11.1. The van der Waals surface area contributed by atoms with Gasteiger partial charge in [0.1, 0.15) is 5.76 Å². The molecule has 4 aromatic rings. The molecule has 0 radical (unpaired) electrons. The highest BCUT2D eigenvalue weighted by Gasteiger charge is 2.16. The van der Waals surface area contributed by atoms with Crippen LogP contribution in [0.25, 0.3) is 10.9 Å². The average Bonchev–Trinajstić information content (AvgIpc) is 3.29. The summed E-state index contributed by atoms with van der Waals surface area (Å²) in [4.78, 5) is 40.8. The monoisotopic (exact) mass is 484 g/mol. The molecule has 2 aromatic carbocycles. The first kappa shape index (κ1) is 22.6. The van der Waals surface area contributed by atoms with E-state index in [1.54, 1.807) is 43.3 Å². The Morgan fingerprint density at radius 1 is 1.27 bits per heavy atom. The summed E-state index contributed by atoms with van der Waals surface area (Å²) in [5, 5.41) is 14.9. The molecule has 0 unspecified atom stereocenters. The van der Waals surface area contributed by atoms with E-state index < -0.39 is 10.8 Å². The molecule has 0 aliphatic heterocycles. The van der Waals surface area contributed by atoms with E-state index in [0.29, 0.717) is 38.1 Å². The van der Waals surface area contributed by atoms with E-state index in [9.17, 15) is 19.7 Å². The number of thioether (sulfide) groups is 1. The van der Waals surface area contributed by atoms with Crippen molar-refractivity contribution in [2.75, 3.05) is 11.1 Å².